The van der Waals surface area contributed by atoms with E-state index in [4.69, 9.17) is 9.84 Å². The quantitative estimate of drug-likeness (QED) is 0.710. The minimum atomic E-state index is -0.877. The summed E-state index contributed by atoms with van der Waals surface area (Å²) >= 11 is 0. The number of benzene rings is 1. The number of hydrogen-bond donors (Lipinski definition) is 1. The molecule has 1 aliphatic heterocycles. The predicted molar refractivity (Wildman–Crippen MR) is 47.3 cm³/mol. The molecule has 0 saturated carbocycles. The summed E-state index contributed by atoms with van der Waals surface area (Å²) in [5.41, 5.74) is 2.27. The van der Waals surface area contributed by atoms with Crippen molar-refractivity contribution in [1.29, 1.82) is 0 Å². The fraction of sp³-hybridized carbons (Fsp3) is 0.300. The Bertz CT molecular complexity index is 369. The summed E-state index contributed by atoms with van der Waals surface area (Å²) in [7, 11) is 0. The number of rotatable bonds is 1. The lowest BCUT2D eigenvalue weighted by Crippen LogP contribution is -1.98. The van der Waals surface area contributed by atoms with Gasteiger partial charge in [0.1, 0.15) is 5.75 Å². The zero-order valence-electron chi connectivity index (χ0n) is 7.33. The number of carbonyl (C=O) groups is 1. The Morgan fingerprint density at radius 1 is 1.54 bits per heavy atom. The van der Waals surface area contributed by atoms with Crippen LogP contribution >= 0.6 is 0 Å². The highest BCUT2D eigenvalue weighted by Gasteiger charge is 2.17. The van der Waals surface area contributed by atoms with E-state index in [2.05, 4.69) is 0 Å². The van der Waals surface area contributed by atoms with Gasteiger partial charge in [-0.1, -0.05) is 0 Å². The van der Waals surface area contributed by atoms with Gasteiger partial charge in [0.15, 0.2) is 0 Å². The Morgan fingerprint density at radius 2 is 2.31 bits per heavy atom. The molecule has 68 valence electrons. The maximum absolute atomic E-state index is 10.7. The molecule has 3 heteroatoms. The predicted octanol–water partition coefficient (Wildman–Crippen LogP) is 1.63. The Balaban J connectivity index is 2.55. The zero-order chi connectivity index (χ0) is 9.42. The SMILES string of the molecule is Cc1cc(C(=O)O)cc2c1OCC2. The largest absolute Gasteiger partial charge is 0.493 e. The lowest BCUT2D eigenvalue weighted by Gasteiger charge is -2.04. The summed E-state index contributed by atoms with van der Waals surface area (Å²) < 4.78 is 5.37. The van der Waals surface area contributed by atoms with Crippen LogP contribution < -0.4 is 4.74 Å². The maximum Gasteiger partial charge on any atom is 0.335 e. The second-order valence-electron chi connectivity index (χ2n) is 3.19. The number of carboxylic acids is 1. The molecule has 0 fully saturated rings. The van der Waals surface area contributed by atoms with Crippen LogP contribution in [0.3, 0.4) is 0 Å². The van der Waals surface area contributed by atoms with Crippen molar-refractivity contribution in [1.82, 2.24) is 0 Å². The van der Waals surface area contributed by atoms with Crippen LogP contribution in [0.5, 0.6) is 5.75 Å². The van der Waals surface area contributed by atoms with E-state index in [1.54, 1.807) is 12.1 Å². The van der Waals surface area contributed by atoms with Crippen molar-refractivity contribution in [2.45, 2.75) is 13.3 Å². The van der Waals surface area contributed by atoms with Gasteiger partial charge in [-0.25, -0.2) is 4.79 Å². The summed E-state index contributed by atoms with van der Waals surface area (Å²) in [6.45, 7) is 2.54. The molecule has 0 amide bonds. The van der Waals surface area contributed by atoms with Gasteiger partial charge >= 0.3 is 5.97 Å². The minimum absolute atomic E-state index is 0.349. The Kier molecular flexibility index (Phi) is 1.72. The molecule has 0 atom stereocenters. The maximum atomic E-state index is 10.7. The molecule has 0 saturated heterocycles. The van der Waals surface area contributed by atoms with E-state index >= 15 is 0 Å². The van der Waals surface area contributed by atoms with Gasteiger partial charge in [-0.05, 0) is 30.2 Å². The Labute approximate surface area is 76.0 Å². The lowest BCUT2D eigenvalue weighted by molar-refractivity contribution is 0.0696. The molecule has 0 aromatic heterocycles. The van der Waals surface area contributed by atoms with Gasteiger partial charge in [0.25, 0.3) is 0 Å². The van der Waals surface area contributed by atoms with Crippen molar-refractivity contribution in [2.24, 2.45) is 0 Å². The third-order valence-corrected chi connectivity index (χ3v) is 2.22. The van der Waals surface area contributed by atoms with Crippen molar-refractivity contribution >= 4 is 5.97 Å². The van der Waals surface area contributed by atoms with E-state index in [1.165, 1.54) is 0 Å². The van der Waals surface area contributed by atoms with E-state index in [9.17, 15) is 4.79 Å². The first kappa shape index (κ1) is 8.10. The zero-order valence-corrected chi connectivity index (χ0v) is 7.33. The molecule has 0 spiro atoms. The first-order chi connectivity index (χ1) is 6.18. The lowest BCUT2D eigenvalue weighted by atomic mass is 10.0. The average Bonchev–Trinajstić information content (AvgIpc) is 2.51. The van der Waals surface area contributed by atoms with Crippen molar-refractivity contribution in [3.05, 3.63) is 28.8 Å². The van der Waals surface area contributed by atoms with Gasteiger partial charge in [-0.15, -0.1) is 0 Å². The van der Waals surface area contributed by atoms with Gasteiger partial charge in [0.2, 0.25) is 0 Å². The summed E-state index contributed by atoms with van der Waals surface area (Å²) in [6, 6.07) is 3.34. The van der Waals surface area contributed by atoms with E-state index in [1.807, 2.05) is 6.92 Å². The molecular formula is C10H10O3. The molecule has 0 aliphatic carbocycles. The fourth-order valence-corrected chi connectivity index (χ4v) is 1.63. The van der Waals surface area contributed by atoms with E-state index in [0.29, 0.717) is 12.2 Å². The fourth-order valence-electron chi connectivity index (χ4n) is 1.63. The molecule has 1 aromatic carbocycles. The van der Waals surface area contributed by atoms with Gasteiger partial charge in [-0.2, -0.15) is 0 Å². The number of ether oxygens (including phenoxy) is 1. The molecule has 0 radical (unpaired) electrons. The van der Waals surface area contributed by atoms with Gasteiger partial charge in [-0.3, -0.25) is 0 Å². The molecule has 1 N–H and O–H groups in total. The normalized spacial score (nSPS) is 13.6. The van der Waals surface area contributed by atoms with Crippen LogP contribution in [0.15, 0.2) is 12.1 Å². The van der Waals surface area contributed by atoms with Crippen LogP contribution in [0.2, 0.25) is 0 Å². The molecular weight excluding hydrogens is 168 g/mol. The smallest absolute Gasteiger partial charge is 0.335 e. The summed E-state index contributed by atoms with van der Waals surface area (Å²) in [5, 5.41) is 8.80. The molecule has 2 rings (SSSR count). The van der Waals surface area contributed by atoms with Gasteiger partial charge < -0.3 is 9.84 Å². The number of carboxylic acid groups (broad SMARTS) is 1. The Hall–Kier alpha value is -1.51. The van der Waals surface area contributed by atoms with Gasteiger partial charge in [0.05, 0.1) is 12.2 Å². The van der Waals surface area contributed by atoms with Gasteiger partial charge in [0, 0.05) is 6.42 Å². The van der Waals surface area contributed by atoms with E-state index in [-0.39, 0.29) is 0 Å². The summed E-state index contributed by atoms with van der Waals surface area (Å²) in [4.78, 5) is 10.7. The monoisotopic (exact) mass is 178 g/mol. The Morgan fingerprint density at radius 3 is 3.00 bits per heavy atom. The topological polar surface area (TPSA) is 46.5 Å². The van der Waals surface area contributed by atoms with Crippen molar-refractivity contribution < 1.29 is 14.6 Å². The second-order valence-corrected chi connectivity index (χ2v) is 3.19. The minimum Gasteiger partial charge on any atom is -0.493 e. The van der Waals surface area contributed by atoms with E-state index < -0.39 is 5.97 Å². The van der Waals surface area contributed by atoms with Crippen LogP contribution in [-0.2, 0) is 6.42 Å². The molecule has 3 nitrogen and oxygen atoms in total. The van der Waals surface area contributed by atoms with Crippen molar-refractivity contribution in [3.63, 3.8) is 0 Å². The van der Waals surface area contributed by atoms with Crippen LogP contribution in [0.4, 0.5) is 0 Å². The number of fused-ring (bicyclic) bond motifs is 1. The molecule has 0 bridgehead atoms. The highest BCUT2D eigenvalue weighted by Crippen LogP contribution is 2.30. The average molecular weight is 178 g/mol. The van der Waals surface area contributed by atoms with Crippen LogP contribution in [0, 0.1) is 6.92 Å². The first-order valence-electron chi connectivity index (χ1n) is 4.18. The highest BCUT2D eigenvalue weighted by atomic mass is 16.5. The third-order valence-electron chi connectivity index (χ3n) is 2.22. The van der Waals surface area contributed by atoms with Crippen LogP contribution in [-0.4, -0.2) is 17.7 Å². The number of aromatic carboxylic acids is 1. The summed E-state index contributed by atoms with van der Waals surface area (Å²) in [6.07, 6.45) is 0.817. The molecule has 1 aromatic rings. The van der Waals surface area contributed by atoms with E-state index in [0.717, 1.165) is 23.3 Å². The standard InChI is InChI=1S/C10H10O3/c1-6-4-8(10(11)12)5-7-2-3-13-9(6)7/h4-5H,2-3H2,1H3,(H,11,12). The third kappa shape index (κ3) is 1.26. The number of aryl methyl sites for hydroxylation is 1. The van der Waals surface area contributed by atoms with Crippen LogP contribution in [0.25, 0.3) is 0 Å². The first-order valence-corrected chi connectivity index (χ1v) is 4.18. The second kappa shape index (κ2) is 2.76. The molecule has 1 aliphatic rings. The van der Waals surface area contributed by atoms with Crippen molar-refractivity contribution in [2.75, 3.05) is 6.61 Å². The van der Waals surface area contributed by atoms with Crippen LogP contribution in [0.1, 0.15) is 21.5 Å². The molecule has 13 heavy (non-hydrogen) atoms. The molecule has 0 unspecified atom stereocenters. The van der Waals surface area contributed by atoms with Crippen molar-refractivity contribution in [3.8, 4) is 5.75 Å². The number of hydrogen-bond acceptors (Lipinski definition) is 2. The summed E-state index contributed by atoms with van der Waals surface area (Å²) in [5.74, 6) is -0.0113. The molecule has 1 heterocycles. The highest BCUT2D eigenvalue weighted by molar-refractivity contribution is 5.88.